The van der Waals surface area contributed by atoms with Crippen molar-refractivity contribution in [2.45, 2.75) is 0 Å². The van der Waals surface area contributed by atoms with E-state index < -0.39 is 0 Å². The first kappa shape index (κ1) is 56.6. The third-order valence-corrected chi connectivity index (χ3v) is 20.3. The molecule has 2 nitrogen and oxygen atoms in total. The van der Waals surface area contributed by atoms with Gasteiger partial charge in [0.05, 0.1) is 11.4 Å². The van der Waals surface area contributed by atoms with Crippen LogP contribution < -0.4 is 0 Å². The maximum atomic E-state index is 4.98. The minimum absolute atomic E-state index is 0.927. The maximum Gasteiger partial charge on any atom is 0.0708 e. The number of nitrogens with zero attached hydrogens (tertiary/aromatic N) is 2. The van der Waals surface area contributed by atoms with Gasteiger partial charge in [-0.05, 0) is 242 Å². The zero-order chi connectivity index (χ0) is 64.6. The Morgan fingerprint density at radius 2 is 0.398 bits per heavy atom. The highest BCUT2D eigenvalue weighted by Crippen LogP contribution is 2.49. The lowest BCUT2D eigenvalue weighted by atomic mass is 9.83. The Morgan fingerprint density at radius 1 is 0.133 bits per heavy atom. The summed E-state index contributed by atoms with van der Waals surface area (Å²) in [7, 11) is 0. The van der Waals surface area contributed by atoms with Crippen molar-refractivity contribution in [2.75, 3.05) is 0 Å². The van der Waals surface area contributed by atoms with Gasteiger partial charge >= 0.3 is 0 Å². The van der Waals surface area contributed by atoms with E-state index in [-0.39, 0.29) is 0 Å². The van der Waals surface area contributed by atoms with E-state index in [1.165, 1.54) is 131 Å². The van der Waals surface area contributed by atoms with Gasteiger partial charge in [-0.3, -0.25) is 9.97 Å². The molecule has 2 heteroatoms. The lowest BCUT2D eigenvalue weighted by molar-refractivity contribution is 1.33. The van der Waals surface area contributed by atoms with E-state index in [9.17, 15) is 0 Å². The van der Waals surface area contributed by atoms with Crippen LogP contribution in [0.3, 0.4) is 0 Å². The number of fused-ring (bicyclic) bond motifs is 8. The van der Waals surface area contributed by atoms with E-state index in [4.69, 9.17) is 4.98 Å². The monoisotopic (exact) mass is 1240 g/mol. The summed E-state index contributed by atoms with van der Waals surface area (Å²) in [6.07, 6.45) is 3.80. The average Bonchev–Trinajstić information content (AvgIpc) is 0.735. The summed E-state index contributed by atoms with van der Waals surface area (Å²) < 4.78 is 0. The molecule has 0 fully saturated rings. The van der Waals surface area contributed by atoms with E-state index in [1.807, 2.05) is 24.5 Å². The number of hydrogen-bond acceptors (Lipinski definition) is 2. The molecule has 98 heavy (non-hydrogen) atoms. The van der Waals surface area contributed by atoms with Crippen LogP contribution in [-0.2, 0) is 0 Å². The van der Waals surface area contributed by atoms with E-state index >= 15 is 0 Å². The molecule has 19 aromatic rings. The van der Waals surface area contributed by atoms with E-state index in [0.29, 0.717) is 0 Å². The van der Waals surface area contributed by atoms with Crippen molar-refractivity contribution in [3.05, 3.63) is 364 Å². The van der Waals surface area contributed by atoms with Crippen LogP contribution >= 0.6 is 0 Å². The second-order valence-electron chi connectivity index (χ2n) is 26.0. The Hall–Kier alpha value is -12.9. The first-order valence-corrected chi connectivity index (χ1v) is 33.7. The standard InChI is InChI=1S/C96H60N2/c1-5-17-71-53-79(40-32-61(71)13-1)93-83-21-9-10-22-84(83)95(81-42-34-63-15-3-7-19-73(63)55-81)88-57-75(44-47-85(88)93)67-30-38-70(39-31-67)92-60-78(50-52-98-92)68-26-24-65(25-27-68)76-45-48-86-89(58-76)96(82-43-35-64-16-4-8-20-74(64)56-82)90-59-77(66-28-36-69(37-29-66)91-23-11-12-51-97-91)46-49-87(90)94(86)80-41-33-62-14-2-6-18-72(62)54-80/h1-60H. The quantitative estimate of drug-likeness (QED) is 0.128. The van der Waals surface area contributed by atoms with Gasteiger partial charge in [0.2, 0.25) is 0 Å². The molecule has 0 atom stereocenters. The van der Waals surface area contributed by atoms with Gasteiger partial charge in [0.15, 0.2) is 0 Å². The summed E-state index contributed by atoms with van der Waals surface area (Å²) in [6, 6.07) is 130. The van der Waals surface area contributed by atoms with Gasteiger partial charge in [-0.15, -0.1) is 0 Å². The predicted molar refractivity (Wildman–Crippen MR) is 416 cm³/mol. The first-order chi connectivity index (χ1) is 48.5. The summed E-state index contributed by atoms with van der Waals surface area (Å²) in [5.74, 6) is 0. The number of pyridine rings is 2. The molecule has 17 aromatic carbocycles. The van der Waals surface area contributed by atoms with Crippen LogP contribution in [0.15, 0.2) is 364 Å². The SMILES string of the molecule is c1ccc(-c2ccc(-c3ccc4c(-c5ccc6ccccc6c5)c5ccc(-c6ccc(-c7ccnc(-c8ccc(-c9ccc%10c(-c%11ccc%12ccccc%12c%11)c%11ccccc%11c(-c%11ccc%12ccccc%12c%11)c%10c9)cc8)c7)cc6)cc5c(-c5ccc6ccccc6c5)c4c3)cc2)nc1. The Bertz CT molecular complexity index is 6390. The van der Waals surface area contributed by atoms with Gasteiger partial charge in [-0.25, -0.2) is 0 Å². The second-order valence-corrected chi connectivity index (χ2v) is 26.0. The molecule has 0 unspecified atom stereocenters. The summed E-state index contributed by atoms with van der Waals surface area (Å²) in [5.41, 5.74) is 23.0. The second kappa shape index (κ2) is 23.5. The van der Waals surface area contributed by atoms with Gasteiger partial charge in [0.1, 0.15) is 0 Å². The maximum absolute atomic E-state index is 4.98. The molecule has 0 aliphatic heterocycles. The van der Waals surface area contributed by atoms with Crippen molar-refractivity contribution in [3.63, 3.8) is 0 Å². The van der Waals surface area contributed by atoms with Crippen molar-refractivity contribution in [3.8, 4) is 112 Å². The molecule has 0 amide bonds. The summed E-state index contributed by atoms with van der Waals surface area (Å²) in [4.78, 5) is 9.62. The van der Waals surface area contributed by atoms with Gasteiger partial charge in [0.25, 0.3) is 0 Å². The molecule has 0 spiro atoms. The van der Waals surface area contributed by atoms with Gasteiger partial charge in [-0.1, -0.05) is 285 Å². The number of benzene rings is 17. The van der Waals surface area contributed by atoms with E-state index in [2.05, 4.69) is 345 Å². The van der Waals surface area contributed by atoms with Crippen molar-refractivity contribution in [1.82, 2.24) is 9.97 Å². The summed E-state index contributed by atoms with van der Waals surface area (Å²) >= 11 is 0. The largest absolute Gasteiger partial charge is 0.256 e. The van der Waals surface area contributed by atoms with Crippen LogP contribution in [0.2, 0.25) is 0 Å². The molecule has 19 rings (SSSR count). The van der Waals surface area contributed by atoms with Crippen LogP contribution in [0, 0.1) is 0 Å². The van der Waals surface area contributed by atoms with Crippen LogP contribution in [0.4, 0.5) is 0 Å². The fraction of sp³-hybridized carbons (Fsp3) is 0. The van der Waals surface area contributed by atoms with Crippen molar-refractivity contribution < 1.29 is 0 Å². The van der Waals surface area contributed by atoms with Crippen LogP contribution in [0.25, 0.3) is 198 Å². The van der Waals surface area contributed by atoms with Gasteiger partial charge < -0.3 is 0 Å². The Kier molecular flexibility index (Phi) is 13.6. The topological polar surface area (TPSA) is 25.8 Å². The minimum Gasteiger partial charge on any atom is -0.256 e. The lowest BCUT2D eigenvalue weighted by Crippen LogP contribution is -1.93. The highest BCUT2D eigenvalue weighted by Gasteiger charge is 2.22. The molecule has 2 aromatic heterocycles. The zero-order valence-electron chi connectivity index (χ0n) is 53.5. The highest BCUT2D eigenvalue weighted by atomic mass is 14.7. The Morgan fingerprint density at radius 3 is 0.765 bits per heavy atom. The van der Waals surface area contributed by atoms with Crippen molar-refractivity contribution in [1.29, 1.82) is 0 Å². The third-order valence-electron chi connectivity index (χ3n) is 20.3. The molecule has 0 aliphatic rings. The van der Waals surface area contributed by atoms with Crippen LogP contribution in [-0.4, -0.2) is 9.97 Å². The molecule has 0 saturated carbocycles. The van der Waals surface area contributed by atoms with E-state index in [0.717, 1.165) is 67.0 Å². The van der Waals surface area contributed by atoms with Crippen LogP contribution in [0.1, 0.15) is 0 Å². The molecular weight excluding hydrogens is 1180 g/mol. The highest BCUT2D eigenvalue weighted by molar-refractivity contribution is 6.25. The molecule has 0 N–H and O–H groups in total. The summed E-state index contributed by atoms with van der Waals surface area (Å²) in [6.45, 7) is 0. The molecule has 2 heterocycles. The Labute approximate surface area is 568 Å². The zero-order valence-corrected chi connectivity index (χ0v) is 53.5. The number of hydrogen-bond donors (Lipinski definition) is 0. The van der Waals surface area contributed by atoms with Crippen molar-refractivity contribution >= 4 is 86.2 Å². The number of rotatable bonds is 10. The first-order valence-electron chi connectivity index (χ1n) is 33.7. The van der Waals surface area contributed by atoms with Gasteiger partial charge in [0, 0.05) is 23.5 Å². The van der Waals surface area contributed by atoms with Gasteiger partial charge in [-0.2, -0.15) is 0 Å². The van der Waals surface area contributed by atoms with Crippen LogP contribution in [0.5, 0.6) is 0 Å². The lowest BCUT2D eigenvalue weighted by Gasteiger charge is -2.20. The third kappa shape index (κ3) is 9.97. The summed E-state index contributed by atoms with van der Waals surface area (Å²) in [5, 5.41) is 19.6. The average molecular weight is 1240 g/mol. The predicted octanol–water partition coefficient (Wildman–Crippen LogP) is 26.4. The normalized spacial score (nSPS) is 11.7. The fourth-order valence-electron chi connectivity index (χ4n) is 15.4. The molecule has 0 saturated heterocycles. The van der Waals surface area contributed by atoms with Crippen molar-refractivity contribution in [2.24, 2.45) is 0 Å². The molecule has 0 bridgehead atoms. The smallest absolute Gasteiger partial charge is 0.0708 e. The molecule has 454 valence electrons. The molecular formula is C96H60N2. The number of aromatic nitrogens is 2. The molecule has 0 aliphatic carbocycles. The Balaban J connectivity index is 0.691. The minimum atomic E-state index is 0.927. The molecule has 0 radical (unpaired) electrons. The fourth-order valence-corrected chi connectivity index (χ4v) is 15.4. The van der Waals surface area contributed by atoms with E-state index in [1.54, 1.807) is 0 Å².